The first-order valence-electron chi connectivity index (χ1n) is 4.98. The lowest BCUT2D eigenvalue weighted by Gasteiger charge is -2.05. The molecule has 1 aromatic carbocycles. The van der Waals surface area contributed by atoms with Crippen LogP contribution in [-0.2, 0) is 0 Å². The van der Waals surface area contributed by atoms with Crippen molar-refractivity contribution < 1.29 is 5.11 Å². The molecule has 0 saturated heterocycles. The van der Waals surface area contributed by atoms with Crippen molar-refractivity contribution in [3.8, 4) is 0 Å². The number of hydrogen-bond donors (Lipinski definition) is 2. The maximum Gasteiger partial charge on any atom is 0.0808 e. The van der Waals surface area contributed by atoms with E-state index in [4.69, 9.17) is 0 Å². The minimum Gasteiger partial charge on any atom is -0.388 e. The van der Waals surface area contributed by atoms with Crippen LogP contribution in [0.1, 0.15) is 30.6 Å². The van der Waals surface area contributed by atoms with E-state index in [0.717, 1.165) is 22.9 Å². The van der Waals surface area contributed by atoms with E-state index in [1.54, 1.807) is 0 Å². The van der Waals surface area contributed by atoms with E-state index < -0.39 is 0 Å². The van der Waals surface area contributed by atoms with Gasteiger partial charge in [-0.25, -0.2) is 0 Å². The van der Waals surface area contributed by atoms with Gasteiger partial charge >= 0.3 is 0 Å². The zero-order chi connectivity index (χ0) is 10.1. The number of aromatic nitrogens is 1. The second kappa shape index (κ2) is 3.46. The first kappa shape index (κ1) is 9.28. The molecule has 1 aromatic heterocycles. The van der Waals surface area contributed by atoms with E-state index in [2.05, 4.69) is 30.1 Å². The van der Waals surface area contributed by atoms with Gasteiger partial charge in [0.2, 0.25) is 0 Å². The second-order valence-electron chi connectivity index (χ2n) is 3.72. The van der Waals surface area contributed by atoms with Crippen molar-refractivity contribution in [3.63, 3.8) is 0 Å². The van der Waals surface area contributed by atoms with E-state index in [1.807, 2.05) is 13.1 Å². The smallest absolute Gasteiger partial charge is 0.0808 e. The second-order valence-corrected chi connectivity index (χ2v) is 3.72. The fourth-order valence-corrected chi connectivity index (χ4v) is 1.76. The number of nitrogens with one attached hydrogen (secondary N) is 1. The molecular formula is C12H15NO. The number of H-pyrrole nitrogens is 1. The monoisotopic (exact) mass is 189 g/mol. The highest BCUT2D eigenvalue weighted by Gasteiger charge is 2.10. The van der Waals surface area contributed by atoms with Crippen LogP contribution in [-0.4, -0.2) is 10.1 Å². The molecule has 0 fully saturated rings. The minimum atomic E-state index is -0.355. The number of aromatic amines is 1. The van der Waals surface area contributed by atoms with E-state index >= 15 is 0 Å². The molecule has 2 rings (SSSR count). The van der Waals surface area contributed by atoms with E-state index in [-0.39, 0.29) is 6.10 Å². The SMILES string of the molecule is CC[C@@H](O)c1c[nH]c2cc(C)ccc12. The standard InChI is InChI=1S/C12H15NO/c1-3-12(14)10-7-13-11-6-8(2)4-5-9(10)11/h4-7,12-14H,3H2,1-2H3/t12-/m1/s1. The Kier molecular flexibility index (Phi) is 2.30. The Labute approximate surface area is 83.6 Å². The van der Waals surface area contributed by atoms with E-state index in [9.17, 15) is 5.11 Å². The van der Waals surface area contributed by atoms with Crippen molar-refractivity contribution in [2.45, 2.75) is 26.4 Å². The molecule has 0 amide bonds. The molecular weight excluding hydrogens is 174 g/mol. The number of aryl methyl sites for hydroxylation is 1. The van der Waals surface area contributed by atoms with Crippen molar-refractivity contribution in [1.82, 2.24) is 4.98 Å². The Morgan fingerprint density at radius 1 is 1.43 bits per heavy atom. The Balaban J connectivity index is 2.58. The fraction of sp³-hybridized carbons (Fsp3) is 0.333. The average Bonchev–Trinajstić information content (AvgIpc) is 2.59. The Bertz CT molecular complexity index is 445. The zero-order valence-corrected chi connectivity index (χ0v) is 8.54. The van der Waals surface area contributed by atoms with Gasteiger partial charge in [-0.2, -0.15) is 0 Å². The maximum absolute atomic E-state index is 9.77. The van der Waals surface area contributed by atoms with Crippen LogP contribution in [0.25, 0.3) is 10.9 Å². The van der Waals surface area contributed by atoms with Gasteiger partial charge in [-0.3, -0.25) is 0 Å². The molecule has 0 aliphatic heterocycles. The predicted octanol–water partition coefficient (Wildman–Crippen LogP) is 2.92. The lowest BCUT2D eigenvalue weighted by molar-refractivity contribution is 0.175. The molecule has 0 aliphatic rings. The summed E-state index contributed by atoms with van der Waals surface area (Å²) in [4.78, 5) is 3.18. The van der Waals surface area contributed by atoms with Gasteiger partial charge in [0.25, 0.3) is 0 Å². The predicted molar refractivity (Wildman–Crippen MR) is 58.3 cm³/mol. The van der Waals surface area contributed by atoms with Gasteiger partial charge in [0, 0.05) is 22.7 Å². The summed E-state index contributed by atoms with van der Waals surface area (Å²) in [7, 11) is 0. The summed E-state index contributed by atoms with van der Waals surface area (Å²) in [6, 6.07) is 6.23. The average molecular weight is 189 g/mol. The molecule has 74 valence electrons. The van der Waals surface area contributed by atoms with Crippen molar-refractivity contribution in [2.75, 3.05) is 0 Å². The molecule has 0 bridgehead atoms. The molecule has 2 heteroatoms. The van der Waals surface area contributed by atoms with Gasteiger partial charge in [0.1, 0.15) is 0 Å². The molecule has 0 saturated carbocycles. The first-order valence-corrected chi connectivity index (χ1v) is 4.98. The summed E-state index contributed by atoms with van der Waals surface area (Å²) < 4.78 is 0. The van der Waals surface area contributed by atoms with Crippen LogP contribution in [0.4, 0.5) is 0 Å². The van der Waals surface area contributed by atoms with Crippen LogP contribution in [0.5, 0.6) is 0 Å². The first-order chi connectivity index (χ1) is 6.72. The number of aliphatic hydroxyl groups excluding tert-OH is 1. The van der Waals surface area contributed by atoms with Crippen LogP contribution in [0.2, 0.25) is 0 Å². The molecule has 0 aliphatic carbocycles. The highest BCUT2D eigenvalue weighted by atomic mass is 16.3. The largest absolute Gasteiger partial charge is 0.388 e. The van der Waals surface area contributed by atoms with Crippen molar-refractivity contribution in [3.05, 3.63) is 35.5 Å². The number of fused-ring (bicyclic) bond motifs is 1. The third-order valence-corrected chi connectivity index (χ3v) is 2.61. The van der Waals surface area contributed by atoms with Crippen molar-refractivity contribution >= 4 is 10.9 Å². The molecule has 0 spiro atoms. The lowest BCUT2D eigenvalue weighted by atomic mass is 10.1. The molecule has 2 N–H and O–H groups in total. The third kappa shape index (κ3) is 1.42. The summed E-state index contributed by atoms with van der Waals surface area (Å²) in [6.45, 7) is 4.05. The Morgan fingerprint density at radius 2 is 2.21 bits per heavy atom. The normalized spacial score (nSPS) is 13.4. The molecule has 14 heavy (non-hydrogen) atoms. The van der Waals surface area contributed by atoms with Crippen molar-refractivity contribution in [1.29, 1.82) is 0 Å². The Hall–Kier alpha value is -1.28. The molecule has 2 aromatic rings. The van der Waals surface area contributed by atoms with Crippen LogP contribution in [0, 0.1) is 6.92 Å². The molecule has 0 unspecified atom stereocenters. The third-order valence-electron chi connectivity index (χ3n) is 2.61. The van der Waals surface area contributed by atoms with Gasteiger partial charge < -0.3 is 10.1 Å². The molecule has 1 heterocycles. The zero-order valence-electron chi connectivity index (χ0n) is 8.54. The molecule has 2 nitrogen and oxygen atoms in total. The number of aliphatic hydroxyl groups is 1. The van der Waals surface area contributed by atoms with Gasteiger partial charge in [-0.1, -0.05) is 19.1 Å². The van der Waals surface area contributed by atoms with Gasteiger partial charge in [0.15, 0.2) is 0 Å². The summed E-state index contributed by atoms with van der Waals surface area (Å²) >= 11 is 0. The quantitative estimate of drug-likeness (QED) is 0.748. The number of rotatable bonds is 2. The molecule has 0 radical (unpaired) electrons. The van der Waals surface area contributed by atoms with Gasteiger partial charge in [-0.05, 0) is 25.0 Å². The van der Waals surface area contributed by atoms with E-state index in [1.165, 1.54) is 5.56 Å². The van der Waals surface area contributed by atoms with Crippen LogP contribution < -0.4 is 0 Å². The number of hydrogen-bond acceptors (Lipinski definition) is 1. The summed E-state index contributed by atoms with van der Waals surface area (Å²) in [5.41, 5.74) is 3.34. The van der Waals surface area contributed by atoms with Gasteiger partial charge in [0.05, 0.1) is 6.10 Å². The van der Waals surface area contributed by atoms with Gasteiger partial charge in [-0.15, -0.1) is 0 Å². The maximum atomic E-state index is 9.77. The van der Waals surface area contributed by atoms with E-state index in [0.29, 0.717) is 0 Å². The summed E-state index contributed by atoms with van der Waals surface area (Å²) in [5.74, 6) is 0. The highest BCUT2D eigenvalue weighted by Crippen LogP contribution is 2.26. The molecule has 1 atom stereocenters. The van der Waals surface area contributed by atoms with Crippen LogP contribution in [0.15, 0.2) is 24.4 Å². The lowest BCUT2D eigenvalue weighted by Crippen LogP contribution is -1.92. The Morgan fingerprint density at radius 3 is 2.93 bits per heavy atom. The summed E-state index contributed by atoms with van der Waals surface area (Å²) in [5, 5.41) is 10.9. The van der Waals surface area contributed by atoms with Crippen LogP contribution >= 0.6 is 0 Å². The van der Waals surface area contributed by atoms with Crippen LogP contribution in [0.3, 0.4) is 0 Å². The minimum absolute atomic E-state index is 0.355. The highest BCUT2D eigenvalue weighted by molar-refractivity contribution is 5.84. The fourth-order valence-electron chi connectivity index (χ4n) is 1.76. The summed E-state index contributed by atoms with van der Waals surface area (Å²) in [6.07, 6.45) is 2.30. The number of benzene rings is 1. The topological polar surface area (TPSA) is 36.0 Å². The van der Waals surface area contributed by atoms with Crippen molar-refractivity contribution in [2.24, 2.45) is 0 Å².